The summed E-state index contributed by atoms with van der Waals surface area (Å²) in [6.45, 7) is 2.26. The van der Waals surface area contributed by atoms with Gasteiger partial charge in [-0.05, 0) is 161 Å². The summed E-state index contributed by atoms with van der Waals surface area (Å²) < 4.78 is 61.2. The third kappa shape index (κ3) is 79.3. The standard InChI is InChI=1S/C87H140O16P2/c1-4-7-10-13-16-19-22-25-28-31-34-36-38-39-40-41-43-45-47-49-52-55-58-61-64-67-70-73-85(90)97-76-82(88)77-99-104(93,94)100-78-83(89)79-101-105(95,96)102-81-84(103-87(92)75-72-69-66-63-60-57-54-51-46-33-30-27-24-21-18-15-12-9-6-3)80-98-86(91)74-71-68-65-62-59-56-53-50-48-44-42-37-35-32-29-26-23-20-17-14-11-8-5-2/h7-12,16-21,25-30,34-37,39-40,43-46,48,51,57,60,82-84,88-89H,4-6,13-15,22-24,31-33,38,41-42,47,49-50,52-56,58-59,61-81H2,1-3H3,(H,93,94)(H,95,96)/b10-7-,11-8-,12-9-,19-16-,20-17-,21-18-,28-25-,29-26-,30-27-,36-34-,37-35-,40-39-,45-43-,48-44-,51-46-,60-57-. The number of aliphatic hydroxyl groups is 2. The van der Waals surface area contributed by atoms with E-state index in [0.717, 1.165) is 199 Å². The molecule has 0 aliphatic heterocycles. The molecule has 0 amide bonds. The number of ether oxygens (including phenoxy) is 3. The number of aliphatic hydroxyl groups excluding tert-OH is 2. The largest absolute Gasteiger partial charge is 0.472 e. The summed E-state index contributed by atoms with van der Waals surface area (Å²) >= 11 is 0. The van der Waals surface area contributed by atoms with Gasteiger partial charge in [0.2, 0.25) is 0 Å². The van der Waals surface area contributed by atoms with Crippen LogP contribution in [0.25, 0.3) is 0 Å². The molecule has 0 spiro atoms. The number of hydrogen-bond acceptors (Lipinski definition) is 14. The van der Waals surface area contributed by atoms with E-state index in [1.165, 1.54) is 19.3 Å². The predicted octanol–water partition coefficient (Wildman–Crippen LogP) is 23.5. The zero-order chi connectivity index (χ0) is 76.6. The summed E-state index contributed by atoms with van der Waals surface area (Å²) in [5.41, 5.74) is 0. The van der Waals surface area contributed by atoms with Crippen LogP contribution in [0.5, 0.6) is 0 Å². The average molecular weight is 1500 g/mol. The van der Waals surface area contributed by atoms with Crippen LogP contribution >= 0.6 is 15.6 Å². The number of unbranched alkanes of at least 4 members (excludes halogenated alkanes) is 18. The Kier molecular flexibility index (Phi) is 73.8. The molecule has 0 bridgehead atoms. The number of allylic oxidation sites excluding steroid dienone is 32. The SMILES string of the molecule is CC/C=C\C/C=C\C/C=C\C/C=C\C/C=C\C/C=C\CCCCCCCCCCC(=O)OCC(O)COP(=O)(O)OCC(O)COP(=O)(O)OCC(COC(=O)CCCCCCCCC/C=C\C/C=C\C/C=C\C/C=C\C/C=C\CC)OC(=O)CCCCC/C=C\C/C=C\C/C=C\C/C=C\C/C=C\CC. The Balaban J connectivity index is 4.71. The maximum Gasteiger partial charge on any atom is 0.472 e. The van der Waals surface area contributed by atoms with Gasteiger partial charge in [-0.15, -0.1) is 0 Å². The lowest BCUT2D eigenvalue weighted by Gasteiger charge is -2.21. The quantitative estimate of drug-likeness (QED) is 0.0146. The number of carbonyl (C=O) groups excluding carboxylic acids is 3. The number of phosphoric acid groups is 2. The molecule has 0 aromatic rings. The molecule has 0 aromatic carbocycles. The summed E-state index contributed by atoms with van der Waals surface area (Å²) in [5, 5.41) is 20.7. The molecule has 0 heterocycles. The molecule has 16 nitrogen and oxygen atoms in total. The maximum atomic E-state index is 13.0. The summed E-state index contributed by atoms with van der Waals surface area (Å²) in [5.74, 6) is -1.65. The smallest absolute Gasteiger partial charge is 0.463 e. The second-order valence-electron chi connectivity index (χ2n) is 25.7. The van der Waals surface area contributed by atoms with E-state index in [-0.39, 0.29) is 19.3 Å². The van der Waals surface area contributed by atoms with Crippen molar-refractivity contribution < 1.29 is 75.8 Å². The highest BCUT2D eigenvalue weighted by atomic mass is 31.2. The van der Waals surface area contributed by atoms with E-state index in [1.807, 2.05) is 0 Å². The summed E-state index contributed by atoms with van der Waals surface area (Å²) in [6.07, 6.45) is 102. The molecule has 0 radical (unpaired) electrons. The van der Waals surface area contributed by atoms with E-state index in [4.69, 9.17) is 32.3 Å². The van der Waals surface area contributed by atoms with Crippen molar-refractivity contribution in [2.24, 2.45) is 0 Å². The molecule has 0 aromatic heterocycles. The minimum atomic E-state index is -4.96. The van der Waals surface area contributed by atoms with Crippen LogP contribution in [0.15, 0.2) is 194 Å². The minimum Gasteiger partial charge on any atom is -0.463 e. The van der Waals surface area contributed by atoms with Crippen molar-refractivity contribution in [2.45, 2.75) is 296 Å². The van der Waals surface area contributed by atoms with Crippen LogP contribution in [-0.2, 0) is 55.8 Å². The minimum absolute atomic E-state index is 0.0547. The fourth-order valence-corrected chi connectivity index (χ4v) is 11.4. The Morgan fingerprint density at radius 1 is 0.267 bits per heavy atom. The van der Waals surface area contributed by atoms with Gasteiger partial charge in [0.15, 0.2) is 6.10 Å². The first-order chi connectivity index (χ1) is 51.2. The highest BCUT2D eigenvalue weighted by Crippen LogP contribution is 2.45. The highest BCUT2D eigenvalue weighted by molar-refractivity contribution is 7.47. The molecular weight excluding hydrogens is 1360 g/mol. The van der Waals surface area contributed by atoms with Crippen LogP contribution in [0, 0.1) is 0 Å². The monoisotopic (exact) mass is 1500 g/mol. The molecule has 0 aliphatic carbocycles. The second kappa shape index (κ2) is 78.0. The van der Waals surface area contributed by atoms with Crippen LogP contribution in [-0.4, -0.2) is 95.9 Å². The molecule has 0 rings (SSSR count). The molecule has 4 N–H and O–H groups in total. The lowest BCUT2D eigenvalue weighted by atomic mass is 10.1. The maximum absolute atomic E-state index is 13.0. The fraction of sp³-hybridized carbons (Fsp3) is 0.598. The van der Waals surface area contributed by atoms with Gasteiger partial charge in [-0.1, -0.05) is 292 Å². The van der Waals surface area contributed by atoms with Gasteiger partial charge in [0.25, 0.3) is 0 Å². The van der Waals surface area contributed by atoms with Crippen molar-refractivity contribution in [1.29, 1.82) is 0 Å². The topological polar surface area (TPSA) is 231 Å². The van der Waals surface area contributed by atoms with Gasteiger partial charge >= 0.3 is 33.6 Å². The van der Waals surface area contributed by atoms with E-state index < -0.39 is 91.5 Å². The predicted molar refractivity (Wildman–Crippen MR) is 435 cm³/mol. The number of carbonyl (C=O) groups is 3. The molecule has 5 atom stereocenters. The number of phosphoric ester groups is 2. The Labute approximate surface area is 636 Å². The Morgan fingerprint density at radius 3 is 0.762 bits per heavy atom. The van der Waals surface area contributed by atoms with Gasteiger partial charge in [0, 0.05) is 19.3 Å². The van der Waals surface area contributed by atoms with E-state index in [9.17, 15) is 43.5 Å². The highest BCUT2D eigenvalue weighted by Gasteiger charge is 2.29. The van der Waals surface area contributed by atoms with Crippen LogP contribution in [0.4, 0.5) is 0 Å². The first-order valence-electron chi connectivity index (χ1n) is 39.7. The zero-order valence-electron chi connectivity index (χ0n) is 64.8. The molecule has 0 saturated heterocycles. The van der Waals surface area contributed by atoms with Crippen LogP contribution < -0.4 is 0 Å². The number of esters is 3. The van der Waals surface area contributed by atoms with E-state index in [2.05, 4.69) is 215 Å². The van der Waals surface area contributed by atoms with E-state index in [1.54, 1.807) is 0 Å². The summed E-state index contributed by atoms with van der Waals surface area (Å²) in [4.78, 5) is 58.7. The van der Waals surface area contributed by atoms with Gasteiger partial charge in [-0.3, -0.25) is 32.5 Å². The van der Waals surface area contributed by atoms with E-state index >= 15 is 0 Å². The molecule has 5 unspecified atom stereocenters. The summed E-state index contributed by atoms with van der Waals surface area (Å²) in [7, 11) is -9.83. The molecule has 0 saturated carbocycles. The van der Waals surface area contributed by atoms with Crippen LogP contribution in [0.2, 0.25) is 0 Å². The third-order valence-electron chi connectivity index (χ3n) is 15.8. The van der Waals surface area contributed by atoms with Gasteiger partial charge in [-0.2, -0.15) is 0 Å². The normalized spacial score (nSPS) is 15.0. The number of hydrogen-bond donors (Lipinski definition) is 4. The Bertz CT molecular complexity index is 2690. The van der Waals surface area contributed by atoms with Crippen molar-refractivity contribution in [2.75, 3.05) is 39.6 Å². The van der Waals surface area contributed by atoms with Crippen molar-refractivity contribution >= 4 is 33.6 Å². The van der Waals surface area contributed by atoms with Gasteiger partial charge < -0.3 is 34.2 Å². The molecule has 18 heteroatoms. The Morgan fingerprint density at radius 2 is 0.476 bits per heavy atom. The van der Waals surface area contributed by atoms with Gasteiger partial charge in [0.1, 0.15) is 25.4 Å². The van der Waals surface area contributed by atoms with Crippen LogP contribution in [0.3, 0.4) is 0 Å². The van der Waals surface area contributed by atoms with Crippen molar-refractivity contribution in [1.82, 2.24) is 0 Å². The number of rotatable bonds is 73. The van der Waals surface area contributed by atoms with Gasteiger partial charge in [-0.25, -0.2) is 9.13 Å². The van der Waals surface area contributed by atoms with Gasteiger partial charge in [0.05, 0.1) is 26.4 Å². The lowest BCUT2D eigenvalue weighted by Crippen LogP contribution is -2.30. The van der Waals surface area contributed by atoms with Crippen LogP contribution in [0.1, 0.15) is 278 Å². The molecule has 0 aliphatic rings. The fourth-order valence-electron chi connectivity index (χ4n) is 9.86. The lowest BCUT2D eigenvalue weighted by molar-refractivity contribution is -0.161. The first-order valence-corrected chi connectivity index (χ1v) is 42.7. The van der Waals surface area contributed by atoms with Crippen molar-refractivity contribution in [3.8, 4) is 0 Å². The molecule has 594 valence electrons. The third-order valence-corrected chi connectivity index (χ3v) is 17.7. The first kappa shape index (κ1) is 99.4. The molecular formula is C87H140O16P2. The average Bonchev–Trinajstić information content (AvgIpc) is 0.941. The van der Waals surface area contributed by atoms with Crippen molar-refractivity contribution in [3.63, 3.8) is 0 Å². The second-order valence-corrected chi connectivity index (χ2v) is 28.6. The zero-order valence-corrected chi connectivity index (χ0v) is 66.6. The van der Waals surface area contributed by atoms with E-state index in [0.29, 0.717) is 19.3 Å². The Hall–Kier alpha value is -5.61. The molecule has 0 fully saturated rings. The summed E-state index contributed by atoms with van der Waals surface area (Å²) in [6, 6.07) is 0. The molecule has 105 heavy (non-hydrogen) atoms. The van der Waals surface area contributed by atoms with Crippen molar-refractivity contribution in [3.05, 3.63) is 194 Å².